The maximum atomic E-state index is 11.8. The summed E-state index contributed by atoms with van der Waals surface area (Å²) in [6, 6.07) is 0. The second kappa shape index (κ2) is 12.4. The average Bonchev–Trinajstić information content (AvgIpc) is 2.53. The summed E-state index contributed by atoms with van der Waals surface area (Å²) in [4.78, 5) is 23.0. The second-order valence-electron chi connectivity index (χ2n) is 5.31. The molecule has 6 heteroatoms. The SMILES string of the molecule is C=C(C)C(=C)OCC(COCC)OC(=O)CCCOC(=O)C(=C)C. The lowest BCUT2D eigenvalue weighted by atomic mass is 10.3. The lowest BCUT2D eigenvalue weighted by Gasteiger charge is -2.19. The summed E-state index contributed by atoms with van der Waals surface area (Å²) in [7, 11) is 0. The maximum absolute atomic E-state index is 11.8. The van der Waals surface area contributed by atoms with Gasteiger partial charge in [-0.15, -0.1) is 0 Å². The Bertz CT molecular complexity index is 466. The molecule has 0 aromatic heterocycles. The van der Waals surface area contributed by atoms with Crippen molar-refractivity contribution < 1.29 is 28.5 Å². The normalized spacial score (nSPS) is 11.3. The molecule has 0 heterocycles. The van der Waals surface area contributed by atoms with Gasteiger partial charge in [-0.25, -0.2) is 4.79 Å². The molecule has 0 rings (SSSR count). The van der Waals surface area contributed by atoms with Crippen LogP contribution in [0.2, 0.25) is 0 Å². The van der Waals surface area contributed by atoms with Gasteiger partial charge in [0.25, 0.3) is 0 Å². The number of esters is 2. The lowest BCUT2D eigenvalue weighted by Crippen LogP contribution is -2.28. The third-order valence-electron chi connectivity index (χ3n) is 2.83. The summed E-state index contributed by atoms with van der Waals surface area (Å²) in [6.07, 6.45) is -0.0296. The van der Waals surface area contributed by atoms with Gasteiger partial charge in [-0.05, 0) is 32.8 Å². The van der Waals surface area contributed by atoms with E-state index in [-0.39, 0.29) is 26.2 Å². The van der Waals surface area contributed by atoms with E-state index in [0.29, 0.717) is 29.9 Å². The smallest absolute Gasteiger partial charge is 0.333 e. The van der Waals surface area contributed by atoms with Crippen molar-refractivity contribution >= 4 is 11.9 Å². The van der Waals surface area contributed by atoms with Gasteiger partial charge in [-0.3, -0.25) is 4.79 Å². The van der Waals surface area contributed by atoms with Gasteiger partial charge < -0.3 is 18.9 Å². The fraction of sp³-hybridized carbons (Fsp3) is 0.556. The molecule has 0 saturated heterocycles. The van der Waals surface area contributed by atoms with E-state index in [1.54, 1.807) is 13.8 Å². The first kappa shape index (κ1) is 21.9. The largest absolute Gasteiger partial charge is 0.490 e. The first-order chi connectivity index (χ1) is 11.3. The standard InChI is InChI=1S/C18H28O6/c1-7-21-11-16(12-23-15(6)13(2)3)24-17(19)9-8-10-22-18(20)14(4)5/h16H,2,4,6-12H2,1,3,5H3. The summed E-state index contributed by atoms with van der Waals surface area (Å²) in [6.45, 7) is 17.1. The van der Waals surface area contributed by atoms with Crippen LogP contribution in [0.5, 0.6) is 0 Å². The van der Waals surface area contributed by atoms with Crippen LogP contribution in [0, 0.1) is 0 Å². The molecule has 0 amide bonds. The van der Waals surface area contributed by atoms with Crippen molar-refractivity contribution in [3.8, 4) is 0 Å². The molecule has 0 aliphatic carbocycles. The molecule has 24 heavy (non-hydrogen) atoms. The summed E-state index contributed by atoms with van der Waals surface area (Å²) < 4.78 is 20.9. The van der Waals surface area contributed by atoms with Gasteiger partial charge in [0.15, 0.2) is 6.10 Å². The van der Waals surface area contributed by atoms with E-state index >= 15 is 0 Å². The van der Waals surface area contributed by atoms with Crippen molar-refractivity contribution in [2.75, 3.05) is 26.4 Å². The molecular weight excluding hydrogens is 312 g/mol. The summed E-state index contributed by atoms with van der Waals surface area (Å²) in [5.41, 5.74) is 1.03. The number of ether oxygens (including phenoxy) is 4. The Kier molecular flexibility index (Phi) is 11.3. The van der Waals surface area contributed by atoms with Gasteiger partial charge in [0.2, 0.25) is 0 Å². The molecule has 0 saturated carbocycles. The Morgan fingerprint density at radius 3 is 2.21 bits per heavy atom. The van der Waals surface area contributed by atoms with Crippen LogP contribution in [0.25, 0.3) is 0 Å². The van der Waals surface area contributed by atoms with Crippen molar-refractivity contribution in [3.63, 3.8) is 0 Å². The third-order valence-corrected chi connectivity index (χ3v) is 2.83. The number of carbonyl (C=O) groups is 2. The fourth-order valence-electron chi connectivity index (χ4n) is 1.43. The highest BCUT2D eigenvalue weighted by Crippen LogP contribution is 2.08. The van der Waals surface area contributed by atoms with Crippen molar-refractivity contribution in [1.29, 1.82) is 0 Å². The zero-order chi connectivity index (χ0) is 18.5. The van der Waals surface area contributed by atoms with Crippen LogP contribution >= 0.6 is 0 Å². The Balaban J connectivity index is 4.18. The number of hydrogen-bond donors (Lipinski definition) is 0. The van der Waals surface area contributed by atoms with Gasteiger partial charge in [0, 0.05) is 18.6 Å². The number of rotatable bonds is 13. The molecule has 1 unspecified atom stereocenters. The number of allylic oxidation sites excluding steroid dienone is 1. The molecule has 0 aliphatic rings. The highest BCUT2D eigenvalue weighted by atomic mass is 16.6. The molecule has 0 aromatic carbocycles. The molecule has 0 N–H and O–H groups in total. The highest BCUT2D eigenvalue weighted by molar-refractivity contribution is 5.86. The highest BCUT2D eigenvalue weighted by Gasteiger charge is 2.16. The number of hydrogen-bond acceptors (Lipinski definition) is 6. The van der Waals surface area contributed by atoms with E-state index in [0.717, 1.165) is 0 Å². The van der Waals surface area contributed by atoms with Crippen LogP contribution in [0.4, 0.5) is 0 Å². The van der Waals surface area contributed by atoms with Crippen LogP contribution in [-0.4, -0.2) is 44.5 Å². The molecule has 0 aromatic rings. The molecule has 0 fully saturated rings. The van der Waals surface area contributed by atoms with Crippen molar-refractivity contribution in [3.05, 3.63) is 36.6 Å². The number of carbonyl (C=O) groups excluding carboxylic acids is 2. The van der Waals surface area contributed by atoms with Gasteiger partial charge >= 0.3 is 11.9 Å². The molecule has 1 atom stereocenters. The summed E-state index contributed by atoms with van der Waals surface area (Å²) in [5.74, 6) is -0.431. The van der Waals surface area contributed by atoms with Crippen molar-refractivity contribution in [2.24, 2.45) is 0 Å². The Morgan fingerprint density at radius 1 is 1.00 bits per heavy atom. The van der Waals surface area contributed by atoms with E-state index in [1.165, 1.54) is 0 Å². The third kappa shape index (κ3) is 10.6. The molecule has 136 valence electrons. The maximum Gasteiger partial charge on any atom is 0.333 e. The minimum Gasteiger partial charge on any atom is -0.490 e. The van der Waals surface area contributed by atoms with Crippen LogP contribution in [0.3, 0.4) is 0 Å². The second-order valence-corrected chi connectivity index (χ2v) is 5.31. The Hall–Kier alpha value is -2.08. The van der Waals surface area contributed by atoms with Crippen LogP contribution in [-0.2, 0) is 28.5 Å². The molecule has 0 spiro atoms. The van der Waals surface area contributed by atoms with Crippen molar-refractivity contribution in [1.82, 2.24) is 0 Å². The van der Waals surface area contributed by atoms with E-state index < -0.39 is 18.0 Å². The predicted octanol–water partition coefficient (Wildman–Crippen LogP) is 2.94. The predicted molar refractivity (Wildman–Crippen MR) is 91.3 cm³/mol. The van der Waals surface area contributed by atoms with Gasteiger partial charge in [0.1, 0.15) is 12.4 Å². The molecule has 6 nitrogen and oxygen atoms in total. The Labute approximate surface area is 144 Å². The van der Waals surface area contributed by atoms with Crippen LogP contribution in [0.1, 0.15) is 33.6 Å². The first-order valence-electron chi connectivity index (χ1n) is 7.85. The van der Waals surface area contributed by atoms with Gasteiger partial charge in [-0.2, -0.15) is 0 Å². The molecule has 0 radical (unpaired) electrons. The first-order valence-corrected chi connectivity index (χ1v) is 7.85. The monoisotopic (exact) mass is 340 g/mol. The molecule has 0 bridgehead atoms. The van der Waals surface area contributed by atoms with E-state index in [4.69, 9.17) is 18.9 Å². The minimum atomic E-state index is -0.536. The summed E-state index contributed by atoms with van der Waals surface area (Å²) >= 11 is 0. The van der Waals surface area contributed by atoms with Gasteiger partial charge in [0.05, 0.1) is 13.2 Å². The molecular formula is C18H28O6. The fourth-order valence-corrected chi connectivity index (χ4v) is 1.43. The van der Waals surface area contributed by atoms with Crippen LogP contribution < -0.4 is 0 Å². The molecule has 0 aliphatic heterocycles. The van der Waals surface area contributed by atoms with Gasteiger partial charge in [-0.1, -0.05) is 19.7 Å². The zero-order valence-corrected chi connectivity index (χ0v) is 14.9. The van der Waals surface area contributed by atoms with Crippen molar-refractivity contribution in [2.45, 2.75) is 39.7 Å². The zero-order valence-electron chi connectivity index (χ0n) is 14.9. The lowest BCUT2D eigenvalue weighted by molar-refractivity contribution is -0.156. The minimum absolute atomic E-state index is 0.132. The van der Waals surface area contributed by atoms with E-state index in [9.17, 15) is 9.59 Å². The van der Waals surface area contributed by atoms with E-state index in [1.807, 2.05) is 6.92 Å². The Morgan fingerprint density at radius 2 is 1.67 bits per heavy atom. The average molecular weight is 340 g/mol. The summed E-state index contributed by atoms with van der Waals surface area (Å²) in [5, 5.41) is 0. The topological polar surface area (TPSA) is 71.1 Å². The van der Waals surface area contributed by atoms with E-state index in [2.05, 4.69) is 19.7 Å². The quantitative estimate of drug-likeness (QED) is 0.169. The van der Waals surface area contributed by atoms with Crippen LogP contribution in [0.15, 0.2) is 36.6 Å².